The highest BCUT2D eigenvalue weighted by Gasteiger charge is 2.17. The van der Waals surface area contributed by atoms with Crippen LogP contribution in [0.2, 0.25) is 0 Å². The van der Waals surface area contributed by atoms with E-state index < -0.39 is 10.0 Å². The first-order chi connectivity index (χ1) is 23.9. The Kier molecular flexibility index (Phi) is 9.59. The summed E-state index contributed by atoms with van der Waals surface area (Å²) in [6.45, 7) is 6.15. The number of hydrogen-bond acceptors (Lipinski definition) is 8. The van der Waals surface area contributed by atoms with Gasteiger partial charge in [-0.3, -0.25) is 19.4 Å². The first-order valence-corrected chi connectivity index (χ1v) is 16.9. The van der Waals surface area contributed by atoms with Crippen LogP contribution in [0.15, 0.2) is 114 Å². The maximum Gasteiger partial charge on any atom is 0.265 e. The lowest BCUT2D eigenvalue weighted by Crippen LogP contribution is -2.12. The van der Waals surface area contributed by atoms with Crippen molar-refractivity contribution in [2.45, 2.75) is 32.2 Å². The quantitative estimate of drug-likeness (QED) is 0.151. The van der Waals surface area contributed by atoms with Gasteiger partial charge in [0.15, 0.2) is 0 Å². The fourth-order valence-corrected chi connectivity index (χ4v) is 6.02. The monoisotopic (exact) mass is 694 g/mol. The molecule has 0 fully saturated rings. The summed E-state index contributed by atoms with van der Waals surface area (Å²) in [5.41, 5.74) is 9.57. The number of nitrogens with one attached hydrogen (secondary N) is 1. The van der Waals surface area contributed by atoms with E-state index in [0.29, 0.717) is 62.7 Å². The van der Waals surface area contributed by atoms with Crippen molar-refractivity contribution < 1.29 is 26.7 Å². The summed E-state index contributed by atoms with van der Waals surface area (Å²) < 4.78 is 67.8. The SMILES string of the molecule is CCn1cc(S(=O)(=O)Nc2ccc(Oc3cc(C)nc4ccc(F)cc34)cc2)cn1.Cc1cc(Oc2ccc(N)cc2)c2cc(F)ccc2n1. The molecule has 3 heterocycles. The highest BCUT2D eigenvalue weighted by molar-refractivity contribution is 7.92. The number of nitrogen functional groups attached to an aromatic ring is 1. The highest BCUT2D eigenvalue weighted by Crippen LogP contribution is 2.32. The van der Waals surface area contributed by atoms with Crippen molar-refractivity contribution in [3.05, 3.63) is 132 Å². The Bertz CT molecular complexity index is 2420. The van der Waals surface area contributed by atoms with E-state index in [1.54, 1.807) is 72.8 Å². The van der Waals surface area contributed by atoms with Crippen LogP contribution in [-0.4, -0.2) is 28.2 Å². The Hall–Kier alpha value is -6.08. The normalized spacial score (nSPS) is 11.2. The molecule has 7 aromatic rings. The van der Waals surface area contributed by atoms with Gasteiger partial charge in [0.05, 0.1) is 17.2 Å². The molecule has 0 radical (unpaired) electrons. The second-order valence-corrected chi connectivity index (χ2v) is 13.0. The largest absolute Gasteiger partial charge is 0.457 e. The number of benzene rings is 4. The summed E-state index contributed by atoms with van der Waals surface area (Å²) in [7, 11) is -3.74. The summed E-state index contributed by atoms with van der Waals surface area (Å²) in [4.78, 5) is 8.83. The molecule has 4 aromatic carbocycles. The first-order valence-electron chi connectivity index (χ1n) is 15.5. The molecule has 7 rings (SSSR count). The number of nitrogens with zero attached hydrogens (tertiary/aromatic N) is 4. The number of sulfonamides is 1. The smallest absolute Gasteiger partial charge is 0.265 e. The Morgan fingerprint density at radius 1 is 0.740 bits per heavy atom. The van der Waals surface area contributed by atoms with Crippen molar-refractivity contribution in [1.29, 1.82) is 0 Å². The van der Waals surface area contributed by atoms with Crippen LogP contribution in [0.4, 0.5) is 20.2 Å². The van der Waals surface area contributed by atoms with Gasteiger partial charge in [0, 0.05) is 58.4 Å². The minimum atomic E-state index is -3.74. The molecule has 0 saturated heterocycles. The van der Waals surface area contributed by atoms with Crippen molar-refractivity contribution in [3.63, 3.8) is 0 Å². The lowest BCUT2D eigenvalue weighted by molar-refractivity contribution is 0.487. The first kappa shape index (κ1) is 33.8. The summed E-state index contributed by atoms with van der Waals surface area (Å²) >= 11 is 0. The second-order valence-electron chi connectivity index (χ2n) is 11.3. The number of fused-ring (bicyclic) bond motifs is 2. The summed E-state index contributed by atoms with van der Waals surface area (Å²) in [5, 5.41) is 5.19. The van der Waals surface area contributed by atoms with Gasteiger partial charge in [0.2, 0.25) is 0 Å². The third-order valence-electron chi connectivity index (χ3n) is 7.41. The van der Waals surface area contributed by atoms with Crippen LogP contribution in [0.25, 0.3) is 21.8 Å². The van der Waals surface area contributed by atoms with Crippen molar-refractivity contribution in [2.75, 3.05) is 10.5 Å². The number of nitrogens with two attached hydrogens (primary N) is 1. The molecule has 0 aliphatic rings. The van der Waals surface area contributed by atoms with E-state index in [1.807, 2.05) is 20.8 Å². The van der Waals surface area contributed by atoms with Gasteiger partial charge in [-0.25, -0.2) is 17.2 Å². The molecule has 0 aliphatic carbocycles. The third kappa shape index (κ3) is 7.96. The topological polar surface area (TPSA) is 134 Å². The van der Waals surface area contributed by atoms with Crippen LogP contribution in [-0.2, 0) is 16.6 Å². The second kappa shape index (κ2) is 14.2. The maximum absolute atomic E-state index is 13.7. The van der Waals surface area contributed by atoms with E-state index in [9.17, 15) is 17.2 Å². The molecule has 13 heteroatoms. The zero-order valence-electron chi connectivity index (χ0n) is 27.3. The zero-order chi connectivity index (χ0) is 35.4. The van der Waals surface area contributed by atoms with Gasteiger partial charge in [-0.15, -0.1) is 0 Å². The molecule has 0 atom stereocenters. The van der Waals surface area contributed by atoms with Crippen molar-refractivity contribution >= 4 is 43.2 Å². The Labute approximate surface area is 287 Å². The van der Waals surface area contributed by atoms with Crippen LogP contribution in [0.5, 0.6) is 23.0 Å². The molecule has 0 amide bonds. The number of aryl methyl sites for hydroxylation is 3. The van der Waals surface area contributed by atoms with E-state index in [4.69, 9.17) is 15.2 Å². The van der Waals surface area contributed by atoms with Gasteiger partial charge in [-0.2, -0.15) is 5.10 Å². The van der Waals surface area contributed by atoms with Gasteiger partial charge < -0.3 is 15.2 Å². The van der Waals surface area contributed by atoms with Crippen LogP contribution in [0, 0.1) is 25.5 Å². The molecule has 0 spiro atoms. The maximum atomic E-state index is 13.7. The number of aromatic nitrogens is 4. The van der Waals surface area contributed by atoms with Gasteiger partial charge in [0.1, 0.15) is 39.5 Å². The van der Waals surface area contributed by atoms with Crippen LogP contribution in [0.3, 0.4) is 0 Å². The van der Waals surface area contributed by atoms with E-state index in [0.717, 1.165) is 11.4 Å². The van der Waals surface area contributed by atoms with Gasteiger partial charge in [0.25, 0.3) is 10.0 Å². The van der Waals surface area contributed by atoms with Crippen molar-refractivity contribution in [2.24, 2.45) is 0 Å². The van der Waals surface area contributed by atoms with Crippen LogP contribution < -0.4 is 19.9 Å². The number of halogens is 2. The standard InChI is InChI=1S/C21H19FN4O3S.C16H13FN2O/c1-3-26-13-18(12-23-26)30(27,28)25-16-5-7-17(8-6-16)29-21-10-14(2)24-20-9-4-15(22)11-19(20)21;1-10-8-16(20-13-5-3-12(18)4-6-13)14-9-11(17)2-7-15(14)19-10/h4-13,25H,3H2,1-2H3;2-9H,18H2,1H3. The number of rotatable bonds is 8. The minimum absolute atomic E-state index is 0.0884. The lowest BCUT2D eigenvalue weighted by Gasteiger charge is -2.11. The predicted molar refractivity (Wildman–Crippen MR) is 189 cm³/mol. The molecule has 3 aromatic heterocycles. The predicted octanol–water partition coefficient (Wildman–Crippen LogP) is 8.55. The molecular formula is C37H32F2N6O4S. The Morgan fingerprint density at radius 3 is 1.72 bits per heavy atom. The summed E-state index contributed by atoms with van der Waals surface area (Å²) in [5.74, 6) is 1.48. The van der Waals surface area contributed by atoms with Crippen LogP contribution >= 0.6 is 0 Å². The number of anilines is 2. The molecule has 0 bridgehead atoms. The molecule has 50 heavy (non-hydrogen) atoms. The van der Waals surface area contributed by atoms with Gasteiger partial charge in [-0.1, -0.05) is 0 Å². The third-order valence-corrected chi connectivity index (χ3v) is 8.74. The molecule has 0 unspecified atom stereocenters. The molecule has 0 saturated carbocycles. The van der Waals surface area contributed by atoms with E-state index in [2.05, 4.69) is 19.8 Å². The van der Waals surface area contributed by atoms with Gasteiger partial charge in [-0.05, 0) is 106 Å². The molecule has 254 valence electrons. The summed E-state index contributed by atoms with van der Waals surface area (Å²) in [6.07, 6.45) is 2.77. The lowest BCUT2D eigenvalue weighted by atomic mass is 10.2. The fourth-order valence-electron chi connectivity index (χ4n) is 5.01. The van der Waals surface area contributed by atoms with Crippen LogP contribution in [0.1, 0.15) is 18.3 Å². The Morgan fingerprint density at radius 2 is 1.24 bits per heavy atom. The zero-order valence-corrected chi connectivity index (χ0v) is 28.1. The summed E-state index contributed by atoms with van der Waals surface area (Å²) in [6, 6.07) is 25.8. The molecule has 10 nitrogen and oxygen atoms in total. The number of hydrogen-bond donors (Lipinski definition) is 2. The van der Waals surface area contributed by atoms with Gasteiger partial charge >= 0.3 is 0 Å². The van der Waals surface area contributed by atoms with E-state index in [-0.39, 0.29) is 16.5 Å². The average molecular weight is 695 g/mol. The molecule has 0 aliphatic heterocycles. The van der Waals surface area contributed by atoms with E-state index in [1.165, 1.54) is 41.3 Å². The van der Waals surface area contributed by atoms with Crippen molar-refractivity contribution in [3.8, 4) is 23.0 Å². The average Bonchev–Trinajstić information content (AvgIpc) is 3.58. The van der Waals surface area contributed by atoms with E-state index >= 15 is 0 Å². The number of pyridine rings is 2. The van der Waals surface area contributed by atoms with Crippen molar-refractivity contribution in [1.82, 2.24) is 19.7 Å². The molecule has 3 N–H and O–H groups in total. The highest BCUT2D eigenvalue weighted by atomic mass is 32.2. The molecular weight excluding hydrogens is 663 g/mol. The Balaban J connectivity index is 0.000000187. The number of ether oxygens (including phenoxy) is 2. The fraction of sp³-hybridized carbons (Fsp3) is 0.108. The minimum Gasteiger partial charge on any atom is -0.457 e.